The van der Waals surface area contributed by atoms with E-state index in [9.17, 15) is 13.2 Å². The van der Waals surface area contributed by atoms with Crippen LogP contribution in [0.2, 0.25) is 5.02 Å². The number of halogens is 4. The monoisotopic (exact) mass is 556 g/mol. The van der Waals surface area contributed by atoms with E-state index in [-0.39, 0.29) is 11.5 Å². The van der Waals surface area contributed by atoms with Crippen LogP contribution in [0.1, 0.15) is 30.3 Å². The molecule has 1 fully saturated rings. The quantitative estimate of drug-likeness (QED) is 0.436. The Morgan fingerprint density at radius 2 is 1.92 bits per heavy atom. The second-order valence-electron chi connectivity index (χ2n) is 8.82. The van der Waals surface area contributed by atoms with Crippen LogP contribution in [-0.2, 0) is 11.3 Å². The number of pyridine rings is 1. The molecule has 0 unspecified atom stereocenters. The van der Waals surface area contributed by atoms with Crippen molar-refractivity contribution in [2.45, 2.75) is 48.4 Å². The van der Waals surface area contributed by atoms with Crippen LogP contribution in [-0.4, -0.2) is 55.1 Å². The van der Waals surface area contributed by atoms with Crippen molar-refractivity contribution < 1.29 is 23.1 Å². The van der Waals surface area contributed by atoms with E-state index in [0.717, 1.165) is 59.6 Å². The molecule has 0 amide bonds. The molecule has 3 aromatic rings. The highest BCUT2D eigenvalue weighted by molar-refractivity contribution is 7.99. The minimum absolute atomic E-state index is 0.0447. The van der Waals surface area contributed by atoms with Gasteiger partial charge in [0.1, 0.15) is 16.7 Å². The summed E-state index contributed by atoms with van der Waals surface area (Å²) in [6, 6.07) is 3.99. The molecule has 0 radical (unpaired) electrons. The number of aromatic nitrogens is 5. The molecule has 2 aliphatic rings. The minimum atomic E-state index is -5.08. The number of carboxylic acid groups (broad SMARTS) is 1. The highest BCUT2D eigenvalue weighted by Gasteiger charge is 2.47. The molecule has 15 heteroatoms. The lowest BCUT2D eigenvalue weighted by Gasteiger charge is -2.41. The van der Waals surface area contributed by atoms with Gasteiger partial charge >= 0.3 is 12.1 Å². The van der Waals surface area contributed by atoms with Crippen molar-refractivity contribution in [3.63, 3.8) is 0 Å². The van der Waals surface area contributed by atoms with Gasteiger partial charge in [-0.3, -0.25) is 4.68 Å². The molecule has 198 valence electrons. The zero-order chi connectivity index (χ0) is 27.0. The fraction of sp³-hybridized carbons (Fsp3) is 0.409. The number of carbonyl (C=O) groups is 1. The fourth-order valence-corrected chi connectivity index (χ4v) is 5.45. The van der Waals surface area contributed by atoms with Gasteiger partial charge in [0.15, 0.2) is 0 Å². The van der Waals surface area contributed by atoms with Gasteiger partial charge in [-0.1, -0.05) is 23.4 Å². The molecular weight excluding hydrogens is 533 g/mol. The third-order valence-electron chi connectivity index (χ3n) is 6.41. The summed E-state index contributed by atoms with van der Waals surface area (Å²) >= 11 is 7.64. The van der Waals surface area contributed by atoms with E-state index >= 15 is 0 Å². The van der Waals surface area contributed by atoms with E-state index in [1.54, 1.807) is 12.4 Å². The van der Waals surface area contributed by atoms with Crippen LogP contribution in [0, 0.1) is 12.3 Å². The van der Waals surface area contributed by atoms with Crippen molar-refractivity contribution in [1.29, 1.82) is 0 Å². The maximum atomic E-state index is 10.6. The Morgan fingerprint density at radius 3 is 2.49 bits per heavy atom. The number of alkyl halides is 3. The largest absolute Gasteiger partial charge is 0.490 e. The van der Waals surface area contributed by atoms with Gasteiger partial charge in [0.25, 0.3) is 0 Å². The maximum Gasteiger partial charge on any atom is 0.490 e. The number of aliphatic carboxylic acids is 1. The Hall–Kier alpha value is -3.10. The van der Waals surface area contributed by atoms with Gasteiger partial charge in [0.2, 0.25) is 0 Å². The van der Waals surface area contributed by atoms with E-state index in [0.29, 0.717) is 10.8 Å². The van der Waals surface area contributed by atoms with Crippen LogP contribution in [0.5, 0.6) is 0 Å². The number of hydrogen-bond acceptors (Lipinski definition) is 9. The van der Waals surface area contributed by atoms with E-state index in [1.165, 1.54) is 11.8 Å². The predicted octanol–water partition coefficient (Wildman–Crippen LogP) is 3.70. The molecule has 3 aromatic heterocycles. The summed E-state index contributed by atoms with van der Waals surface area (Å²) in [5, 5.41) is 12.9. The van der Waals surface area contributed by atoms with Gasteiger partial charge < -0.3 is 21.5 Å². The molecular formula is C22H24ClF3N8O2S. The SMILES string of the molecule is Cc1cc2n(n1)CC1(CCN(c3cnc(Sc4ccnc(N)c4Cl)cn3)CC1)[C@@H]2N.O=C(O)C(F)(F)F. The summed E-state index contributed by atoms with van der Waals surface area (Å²) in [5.41, 5.74) is 14.7. The van der Waals surface area contributed by atoms with Gasteiger partial charge in [-0.2, -0.15) is 18.3 Å². The summed E-state index contributed by atoms with van der Waals surface area (Å²) in [7, 11) is 0. The zero-order valence-corrected chi connectivity index (χ0v) is 21.2. The van der Waals surface area contributed by atoms with Crippen molar-refractivity contribution >= 4 is 41.0 Å². The highest BCUT2D eigenvalue weighted by atomic mass is 35.5. The normalized spacial score (nSPS) is 18.3. The van der Waals surface area contributed by atoms with Gasteiger partial charge in [0.05, 0.1) is 34.8 Å². The number of nitrogens with zero attached hydrogens (tertiary/aromatic N) is 6. The lowest BCUT2D eigenvalue weighted by molar-refractivity contribution is -0.192. The first-order valence-electron chi connectivity index (χ1n) is 11.1. The molecule has 1 saturated heterocycles. The van der Waals surface area contributed by atoms with E-state index in [2.05, 4.69) is 35.7 Å². The number of fused-ring (bicyclic) bond motifs is 1. The van der Waals surface area contributed by atoms with Crippen LogP contribution in [0.3, 0.4) is 0 Å². The fourth-order valence-electron chi connectivity index (χ4n) is 4.46. The number of anilines is 2. The summed E-state index contributed by atoms with van der Waals surface area (Å²) in [5.74, 6) is -1.56. The lowest BCUT2D eigenvalue weighted by Crippen LogP contribution is -2.45. The first-order chi connectivity index (χ1) is 17.4. The van der Waals surface area contributed by atoms with Crippen molar-refractivity contribution in [3.8, 4) is 0 Å². The average molecular weight is 557 g/mol. The second kappa shape index (κ2) is 10.3. The molecule has 0 saturated carbocycles. The third-order valence-corrected chi connectivity index (χ3v) is 7.90. The number of nitrogens with two attached hydrogens (primary N) is 2. The topological polar surface area (TPSA) is 149 Å². The molecule has 1 spiro atoms. The molecule has 10 nitrogen and oxygen atoms in total. The molecule has 0 aromatic carbocycles. The first-order valence-corrected chi connectivity index (χ1v) is 12.3. The van der Waals surface area contributed by atoms with Crippen molar-refractivity contribution in [2.75, 3.05) is 23.7 Å². The number of hydrogen-bond donors (Lipinski definition) is 3. The van der Waals surface area contributed by atoms with Crippen LogP contribution in [0.15, 0.2) is 40.6 Å². The van der Waals surface area contributed by atoms with Gasteiger partial charge in [-0.05, 0) is 31.9 Å². The lowest BCUT2D eigenvalue weighted by atomic mass is 9.73. The van der Waals surface area contributed by atoms with Crippen molar-refractivity contribution in [1.82, 2.24) is 24.7 Å². The average Bonchev–Trinajstić information content (AvgIpc) is 3.32. The summed E-state index contributed by atoms with van der Waals surface area (Å²) in [6.07, 6.45) is 2.18. The van der Waals surface area contributed by atoms with Crippen LogP contribution in [0.4, 0.5) is 24.8 Å². The summed E-state index contributed by atoms with van der Waals surface area (Å²) in [4.78, 5) is 25.2. The van der Waals surface area contributed by atoms with Crippen LogP contribution >= 0.6 is 23.4 Å². The molecule has 37 heavy (non-hydrogen) atoms. The van der Waals surface area contributed by atoms with Gasteiger partial charge in [0, 0.05) is 36.1 Å². The van der Waals surface area contributed by atoms with Crippen LogP contribution in [0.25, 0.3) is 0 Å². The molecule has 0 aliphatic carbocycles. The Balaban J connectivity index is 0.000000405. The van der Waals surface area contributed by atoms with E-state index in [4.69, 9.17) is 33.0 Å². The van der Waals surface area contributed by atoms with Gasteiger partial charge in [-0.15, -0.1) is 0 Å². The molecule has 5 heterocycles. The predicted molar refractivity (Wildman–Crippen MR) is 131 cm³/mol. The summed E-state index contributed by atoms with van der Waals surface area (Å²) in [6.45, 7) is 4.74. The number of aryl methyl sites for hydroxylation is 1. The Labute approximate surface area is 219 Å². The molecule has 0 bridgehead atoms. The first kappa shape index (κ1) is 26.9. The number of rotatable bonds is 3. The third kappa shape index (κ3) is 5.75. The van der Waals surface area contributed by atoms with E-state index in [1.807, 2.05) is 19.2 Å². The Bertz CT molecular complexity index is 1280. The maximum absolute atomic E-state index is 10.6. The summed E-state index contributed by atoms with van der Waals surface area (Å²) < 4.78 is 33.8. The van der Waals surface area contributed by atoms with Gasteiger partial charge in [-0.25, -0.2) is 19.7 Å². The van der Waals surface area contributed by atoms with Crippen LogP contribution < -0.4 is 16.4 Å². The highest BCUT2D eigenvalue weighted by Crippen LogP contribution is 2.48. The Kier molecular flexibility index (Phi) is 7.53. The number of carboxylic acids is 1. The zero-order valence-electron chi connectivity index (χ0n) is 19.6. The van der Waals surface area contributed by atoms with E-state index < -0.39 is 12.1 Å². The molecule has 5 rings (SSSR count). The number of piperidine rings is 1. The Morgan fingerprint density at radius 1 is 1.24 bits per heavy atom. The molecule has 5 N–H and O–H groups in total. The van der Waals surface area contributed by atoms with Crippen molar-refractivity contribution in [2.24, 2.45) is 11.1 Å². The second-order valence-corrected chi connectivity index (χ2v) is 10.3. The smallest absolute Gasteiger partial charge is 0.475 e. The number of nitrogen functional groups attached to an aromatic ring is 1. The molecule has 1 atom stereocenters. The van der Waals surface area contributed by atoms with Crippen molar-refractivity contribution in [3.05, 3.63) is 47.1 Å². The molecule has 2 aliphatic heterocycles. The standard InChI is InChI=1S/C20H23ClN8S.C2HF3O2/c1-12-8-13-18(22)20(11-29(13)27-12)3-6-28(7-4-20)15-9-26-16(10-25-15)30-14-2-5-24-19(23)17(14)21;3-2(4,5)1(6)7/h2,5,8-10,18H,3-4,6-7,11,22H2,1H3,(H2,23,24);(H,6,7)/t18-;/m1./s1. The minimum Gasteiger partial charge on any atom is -0.475 e.